The standard InChI is InChI=1S/C11H20O/c1-10(5-3-2-4-6-10)11(9-12)7-8-11/h12H,2-9H2,1H3. The fourth-order valence-electron chi connectivity index (χ4n) is 2.97. The van der Waals surface area contributed by atoms with Gasteiger partial charge in [0.25, 0.3) is 0 Å². The summed E-state index contributed by atoms with van der Waals surface area (Å²) in [6.07, 6.45) is 9.45. The molecule has 2 rings (SSSR count). The Labute approximate surface area is 75.2 Å². The Kier molecular flexibility index (Phi) is 1.95. The number of hydrogen-bond acceptors (Lipinski definition) is 1. The summed E-state index contributed by atoms with van der Waals surface area (Å²) in [4.78, 5) is 0. The lowest BCUT2D eigenvalue weighted by molar-refractivity contribution is 0.0455. The molecule has 0 saturated heterocycles. The van der Waals surface area contributed by atoms with Crippen molar-refractivity contribution in [2.75, 3.05) is 6.61 Å². The van der Waals surface area contributed by atoms with Gasteiger partial charge in [-0.3, -0.25) is 0 Å². The largest absolute Gasteiger partial charge is 0.396 e. The summed E-state index contributed by atoms with van der Waals surface area (Å²) in [5.74, 6) is 0. The summed E-state index contributed by atoms with van der Waals surface area (Å²) < 4.78 is 0. The van der Waals surface area contributed by atoms with Crippen LogP contribution in [0.15, 0.2) is 0 Å². The molecule has 1 N–H and O–H groups in total. The van der Waals surface area contributed by atoms with Crippen LogP contribution in [-0.2, 0) is 0 Å². The van der Waals surface area contributed by atoms with Crippen LogP contribution in [0.25, 0.3) is 0 Å². The van der Waals surface area contributed by atoms with E-state index in [0.717, 1.165) is 0 Å². The van der Waals surface area contributed by atoms with E-state index in [4.69, 9.17) is 0 Å². The fourth-order valence-corrected chi connectivity index (χ4v) is 2.97. The average Bonchev–Trinajstić information content (AvgIpc) is 2.86. The lowest BCUT2D eigenvalue weighted by Gasteiger charge is -2.40. The van der Waals surface area contributed by atoms with E-state index in [1.165, 1.54) is 44.9 Å². The number of rotatable bonds is 2. The Bertz CT molecular complexity index is 164. The van der Waals surface area contributed by atoms with Gasteiger partial charge in [-0.05, 0) is 36.5 Å². The molecule has 2 aliphatic carbocycles. The third kappa shape index (κ3) is 1.10. The lowest BCUT2D eigenvalue weighted by atomic mass is 9.65. The van der Waals surface area contributed by atoms with E-state index in [0.29, 0.717) is 17.4 Å². The van der Waals surface area contributed by atoms with Gasteiger partial charge in [-0.2, -0.15) is 0 Å². The highest BCUT2D eigenvalue weighted by Crippen LogP contribution is 2.63. The van der Waals surface area contributed by atoms with Gasteiger partial charge >= 0.3 is 0 Å². The highest BCUT2D eigenvalue weighted by atomic mass is 16.3. The molecule has 12 heavy (non-hydrogen) atoms. The van der Waals surface area contributed by atoms with Crippen LogP contribution in [0.4, 0.5) is 0 Å². The third-order valence-electron chi connectivity index (χ3n) is 4.39. The molecule has 0 spiro atoms. The number of aliphatic hydroxyl groups is 1. The Morgan fingerprint density at radius 2 is 1.58 bits per heavy atom. The molecule has 2 aliphatic rings. The van der Waals surface area contributed by atoms with E-state index in [-0.39, 0.29) is 0 Å². The zero-order valence-corrected chi connectivity index (χ0v) is 8.10. The van der Waals surface area contributed by atoms with Gasteiger partial charge in [0.05, 0.1) is 0 Å². The Balaban J connectivity index is 2.08. The Morgan fingerprint density at radius 1 is 1.00 bits per heavy atom. The predicted octanol–water partition coefficient (Wildman–Crippen LogP) is 2.73. The van der Waals surface area contributed by atoms with Crippen molar-refractivity contribution in [1.82, 2.24) is 0 Å². The predicted molar refractivity (Wildman–Crippen MR) is 49.9 cm³/mol. The van der Waals surface area contributed by atoms with Crippen molar-refractivity contribution < 1.29 is 5.11 Å². The maximum Gasteiger partial charge on any atom is 0.0492 e. The molecular formula is C11H20O. The van der Waals surface area contributed by atoms with Crippen LogP contribution >= 0.6 is 0 Å². The Hall–Kier alpha value is -0.0400. The molecule has 0 atom stereocenters. The quantitative estimate of drug-likeness (QED) is 0.672. The zero-order valence-electron chi connectivity index (χ0n) is 8.10. The second-order valence-corrected chi connectivity index (χ2v) is 5.06. The zero-order chi connectivity index (χ0) is 8.66. The maximum atomic E-state index is 9.37. The molecule has 70 valence electrons. The van der Waals surface area contributed by atoms with E-state index >= 15 is 0 Å². The third-order valence-corrected chi connectivity index (χ3v) is 4.39. The van der Waals surface area contributed by atoms with Crippen LogP contribution in [0.1, 0.15) is 51.9 Å². The molecule has 0 unspecified atom stereocenters. The van der Waals surface area contributed by atoms with Crippen molar-refractivity contribution in [3.8, 4) is 0 Å². The van der Waals surface area contributed by atoms with Crippen molar-refractivity contribution in [2.24, 2.45) is 10.8 Å². The van der Waals surface area contributed by atoms with Gasteiger partial charge in [-0.25, -0.2) is 0 Å². The minimum absolute atomic E-state index is 0.355. The molecule has 0 amide bonds. The highest BCUT2D eigenvalue weighted by molar-refractivity contribution is 5.05. The monoisotopic (exact) mass is 168 g/mol. The summed E-state index contributed by atoms with van der Waals surface area (Å²) >= 11 is 0. The van der Waals surface area contributed by atoms with Crippen molar-refractivity contribution >= 4 is 0 Å². The smallest absolute Gasteiger partial charge is 0.0492 e. The van der Waals surface area contributed by atoms with Gasteiger partial charge < -0.3 is 5.11 Å². The van der Waals surface area contributed by atoms with E-state index in [1.54, 1.807) is 0 Å². The Morgan fingerprint density at radius 3 is 2.00 bits per heavy atom. The van der Waals surface area contributed by atoms with E-state index < -0.39 is 0 Å². The maximum absolute atomic E-state index is 9.37. The van der Waals surface area contributed by atoms with Crippen molar-refractivity contribution in [3.05, 3.63) is 0 Å². The summed E-state index contributed by atoms with van der Waals surface area (Å²) in [5, 5.41) is 9.37. The molecule has 0 aromatic rings. The van der Waals surface area contributed by atoms with E-state index in [9.17, 15) is 5.11 Å². The first kappa shape index (κ1) is 8.55. The molecule has 1 heteroatoms. The molecule has 0 aromatic carbocycles. The highest BCUT2D eigenvalue weighted by Gasteiger charge is 2.55. The molecule has 2 saturated carbocycles. The minimum Gasteiger partial charge on any atom is -0.396 e. The summed E-state index contributed by atoms with van der Waals surface area (Å²) in [6.45, 7) is 2.83. The molecule has 0 aliphatic heterocycles. The van der Waals surface area contributed by atoms with Gasteiger partial charge in [0.15, 0.2) is 0 Å². The van der Waals surface area contributed by atoms with E-state index in [2.05, 4.69) is 6.92 Å². The molecule has 0 aromatic heterocycles. The lowest BCUT2D eigenvalue weighted by Crippen LogP contribution is -2.33. The van der Waals surface area contributed by atoms with Crippen LogP contribution < -0.4 is 0 Å². The molecule has 2 fully saturated rings. The fraction of sp³-hybridized carbons (Fsp3) is 1.00. The van der Waals surface area contributed by atoms with Crippen LogP contribution in [0, 0.1) is 10.8 Å². The first-order chi connectivity index (χ1) is 5.72. The molecule has 0 bridgehead atoms. The second-order valence-electron chi connectivity index (χ2n) is 5.06. The topological polar surface area (TPSA) is 20.2 Å². The van der Waals surface area contributed by atoms with Crippen LogP contribution in [0.5, 0.6) is 0 Å². The first-order valence-corrected chi connectivity index (χ1v) is 5.33. The molecule has 0 heterocycles. The molecular weight excluding hydrogens is 148 g/mol. The minimum atomic E-state index is 0.355. The average molecular weight is 168 g/mol. The van der Waals surface area contributed by atoms with Crippen molar-refractivity contribution in [2.45, 2.75) is 51.9 Å². The van der Waals surface area contributed by atoms with Gasteiger partial charge in [0.1, 0.15) is 0 Å². The SMILES string of the molecule is CC1(C2(CO)CC2)CCCCC1. The molecule has 0 radical (unpaired) electrons. The summed E-state index contributed by atoms with van der Waals surface area (Å²) in [6, 6.07) is 0. The van der Waals surface area contributed by atoms with E-state index in [1.807, 2.05) is 0 Å². The van der Waals surface area contributed by atoms with Crippen molar-refractivity contribution in [3.63, 3.8) is 0 Å². The van der Waals surface area contributed by atoms with Crippen molar-refractivity contribution in [1.29, 1.82) is 0 Å². The number of aliphatic hydroxyl groups excluding tert-OH is 1. The van der Waals surface area contributed by atoms with Crippen LogP contribution in [0.2, 0.25) is 0 Å². The van der Waals surface area contributed by atoms with Gasteiger partial charge in [0, 0.05) is 6.61 Å². The normalized spacial score (nSPS) is 31.5. The summed E-state index contributed by atoms with van der Waals surface area (Å²) in [5.41, 5.74) is 0.841. The number of hydrogen-bond donors (Lipinski definition) is 1. The van der Waals surface area contributed by atoms with Gasteiger partial charge in [0.2, 0.25) is 0 Å². The summed E-state index contributed by atoms with van der Waals surface area (Å²) in [7, 11) is 0. The van der Waals surface area contributed by atoms with Gasteiger partial charge in [-0.1, -0.05) is 26.2 Å². The second kappa shape index (κ2) is 2.73. The van der Waals surface area contributed by atoms with Crippen LogP contribution in [-0.4, -0.2) is 11.7 Å². The first-order valence-electron chi connectivity index (χ1n) is 5.33. The van der Waals surface area contributed by atoms with Gasteiger partial charge in [-0.15, -0.1) is 0 Å². The molecule has 1 nitrogen and oxygen atoms in total. The van der Waals surface area contributed by atoms with Crippen LogP contribution in [0.3, 0.4) is 0 Å².